The van der Waals surface area contributed by atoms with E-state index in [1.807, 2.05) is 18.2 Å². The molecule has 8 heteroatoms. The minimum atomic E-state index is 0.351. The Morgan fingerprint density at radius 2 is 2.09 bits per heavy atom. The summed E-state index contributed by atoms with van der Waals surface area (Å²) in [6, 6.07) is 14.7. The van der Waals surface area contributed by atoms with Crippen LogP contribution in [0.25, 0.3) is 11.6 Å². The van der Waals surface area contributed by atoms with Crippen LogP contribution in [0, 0.1) is 6.92 Å². The number of nitrogens with zero attached hydrogens (tertiary/aromatic N) is 5. The summed E-state index contributed by atoms with van der Waals surface area (Å²) in [6.07, 6.45) is 4.60. The van der Waals surface area contributed by atoms with Crippen LogP contribution in [-0.2, 0) is 6.42 Å². The molecule has 0 amide bonds. The molecule has 1 unspecified atom stereocenters. The quantitative estimate of drug-likeness (QED) is 0.437. The lowest BCUT2D eigenvalue weighted by atomic mass is 10.0. The second kappa shape index (κ2) is 10.7. The van der Waals surface area contributed by atoms with E-state index >= 15 is 0 Å². The van der Waals surface area contributed by atoms with Crippen LogP contribution in [0.5, 0.6) is 0 Å². The predicted molar refractivity (Wildman–Crippen MR) is 127 cm³/mol. The number of rotatable bonds is 7. The number of benzene rings is 1. The Balaban J connectivity index is 1.33. The van der Waals surface area contributed by atoms with Gasteiger partial charge in [-0.05, 0) is 51.0 Å². The number of nitrogens with one attached hydrogen (secondary N) is 2. The van der Waals surface area contributed by atoms with Crippen molar-refractivity contribution in [3.8, 4) is 11.6 Å². The normalized spacial score (nSPS) is 16.8. The molecule has 8 nitrogen and oxygen atoms in total. The third-order valence-electron chi connectivity index (χ3n) is 5.46. The fourth-order valence-electron chi connectivity index (χ4n) is 3.81. The van der Waals surface area contributed by atoms with E-state index in [0.717, 1.165) is 38.4 Å². The molecular formula is C24H31N7O. The average molecular weight is 434 g/mol. The Morgan fingerprint density at radius 3 is 2.88 bits per heavy atom. The molecule has 1 aliphatic rings. The van der Waals surface area contributed by atoms with Gasteiger partial charge in [0.25, 0.3) is 5.89 Å². The van der Waals surface area contributed by atoms with Crippen LogP contribution in [0.1, 0.15) is 31.2 Å². The van der Waals surface area contributed by atoms with Crippen LogP contribution in [0.4, 0.5) is 5.69 Å². The number of hydrogen-bond acceptors (Lipinski definition) is 6. The molecule has 168 valence electrons. The first-order valence-electron chi connectivity index (χ1n) is 11.3. The van der Waals surface area contributed by atoms with Crippen molar-refractivity contribution in [3.05, 3.63) is 60.0 Å². The number of hydrogen-bond donors (Lipinski definition) is 2. The van der Waals surface area contributed by atoms with Crippen molar-refractivity contribution in [2.75, 3.05) is 31.1 Å². The first-order valence-corrected chi connectivity index (χ1v) is 11.3. The first kappa shape index (κ1) is 21.8. The van der Waals surface area contributed by atoms with E-state index in [-0.39, 0.29) is 0 Å². The van der Waals surface area contributed by atoms with E-state index in [0.29, 0.717) is 36.4 Å². The van der Waals surface area contributed by atoms with Crippen molar-refractivity contribution in [1.29, 1.82) is 0 Å². The fraction of sp³-hybridized carbons (Fsp3) is 0.417. The third-order valence-corrected chi connectivity index (χ3v) is 5.46. The number of piperidine rings is 1. The zero-order chi connectivity index (χ0) is 22.2. The summed E-state index contributed by atoms with van der Waals surface area (Å²) in [4.78, 5) is 15.9. The molecule has 0 saturated carbocycles. The summed E-state index contributed by atoms with van der Waals surface area (Å²) < 4.78 is 5.33. The van der Waals surface area contributed by atoms with Gasteiger partial charge in [-0.15, -0.1) is 0 Å². The van der Waals surface area contributed by atoms with Gasteiger partial charge in [-0.1, -0.05) is 28.9 Å². The van der Waals surface area contributed by atoms with Gasteiger partial charge in [0, 0.05) is 50.5 Å². The smallest absolute Gasteiger partial charge is 0.276 e. The average Bonchev–Trinajstić information content (AvgIpc) is 3.29. The van der Waals surface area contributed by atoms with Gasteiger partial charge in [0.2, 0.25) is 0 Å². The van der Waals surface area contributed by atoms with E-state index in [4.69, 9.17) is 9.52 Å². The standard InChI is InChI=1S/C24H31N7O/c1-3-25-24(27-15-13-22-29-23(32-30-22)21-8-4-5-14-26-21)28-19-7-6-16-31(17-19)20-11-9-18(2)10-12-20/h4-5,8-12,14,19H,3,6-7,13,15-17H2,1-2H3,(H2,25,27,28). The van der Waals surface area contributed by atoms with E-state index < -0.39 is 0 Å². The van der Waals surface area contributed by atoms with Crippen molar-refractivity contribution in [2.45, 2.75) is 39.2 Å². The summed E-state index contributed by atoms with van der Waals surface area (Å²) in [5.74, 6) is 1.90. The van der Waals surface area contributed by atoms with Crippen molar-refractivity contribution < 1.29 is 4.52 Å². The fourth-order valence-corrected chi connectivity index (χ4v) is 3.81. The second-order valence-electron chi connectivity index (χ2n) is 8.01. The first-order chi connectivity index (χ1) is 15.7. The van der Waals surface area contributed by atoms with Crippen LogP contribution in [0.15, 0.2) is 58.2 Å². The minimum Gasteiger partial charge on any atom is -0.369 e. The Hall–Kier alpha value is -3.42. The summed E-state index contributed by atoms with van der Waals surface area (Å²) in [5, 5.41) is 11.0. The Morgan fingerprint density at radius 1 is 1.22 bits per heavy atom. The largest absolute Gasteiger partial charge is 0.369 e. The summed E-state index contributed by atoms with van der Waals surface area (Å²) in [6.45, 7) is 7.64. The van der Waals surface area contributed by atoms with Crippen LogP contribution in [0.2, 0.25) is 0 Å². The molecule has 3 aromatic rings. The van der Waals surface area contributed by atoms with Gasteiger partial charge < -0.3 is 20.1 Å². The highest BCUT2D eigenvalue weighted by Gasteiger charge is 2.21. The topological polar surface area (TPSA) is 91.5 Å². The van der Waals surface area contributed by atoms with Gasteiger partial charge in [-0.3, -0.25) is 9.98 Å². The Labute approximate surface area is 189 Å². The minimum absolute atomic E-state index is 0.351. The van der Waals surface area contributed by atoms with E-state index in [1.165, 1.54) is 11.3 Å². The molecule has 1 fully saturated rings. The molecular weight excluding hydrogens is 402 g/mol. The molecule has 2 N–H and O–H groups in total. The maximum absolute atomic E-state index is 5.33. The molecule has 4 rings (SSSR count). The lowest BCUT2D eigenvalue weighted by Crippen LogP contribution is -2.51. The van der Waals surface area contributed by atoms with Crippen LogP contribution < -0.4 is 15.5 Å². The van der Waals surface area contributed by atoms with Crippen LogP contribution >= 0.6 is 0 Å². The molecule has 1 aromatic carbocycles. The van der Waals surface area contributed by atoms with Crippen molar-refractivity contribution in [2.24, 2.45) is 4.99 Å². The Bertz CT molecular complexity index is 1000. The van der Waals surface area contributed by atoms with E-state index in [2.05, 4.69) is 68.8 Å². The number of pyridine rings is 1. The van der Waals surface area contributed by atoms with Gasteiger partial charge in [0.1, 0.15) is 5.69 Å². The highest BCUT2D eigenvalue weighted by molar-refractivity contribution is 5.80. The molecule has 2 aromatic heterocycles. The SMILES string of the molecule is CCNC(=NCCc1noc(-c2ccccn2)n1)NC1CCCN(c2ccc(C)cc2)C1. The van der Waals surface area contributed by atoms with Gasteiger partial charge in [0.05, 0.1) is 0 Å². The molecule has 1 aliphatic heterocycles. The summed E-state index contributed by atoms with van der Waals surface area (Å²) in [7, 11) is 0. The molecule has 1 saturated heterocycles. The molecule has 0 aliphatic carbocycles. The molecule has 1 atom stereocenters. The lowest BCUT2D eigenvalue weighted by Gasteiger charge is -2.35. The number of aromatic nitrogens is 3. The number of guanidine groups is 1. The number of anilines is 1. The molecule has 0 bridgehead atoms. The zero-order valence-corrected chi connectivity index (χ0v) is 18.8. The highest BCUT2D eigenvalue weighted by atomic mass is 16.5. The number of aryl methyl sites for hydroxylation is 1. The second-order valence-corrected chi connectivity index (χ2v) is 8.01. The summed E-state index contributed by atoms with van der Waals surface area (Å²) >= 11 is 0. The molecule has 0 radical (unpaired) electrons. The van der Waals surface area contributed by atoms with E-state index in [9.17, 15) is 0 Å². The van der Waals surface area contributed by atoms with Crippen LogP contribution in [-0.4, -0.2) is 53.3 Å². The highest BCUT2D eigenvalue weighted by Crippen LogP contribution is 2.20. The van der Waals surface area contributed by atoms with Gasteiger partial charge in [-0.25, -0.2) is 0 Å². The van der Waals surface area contributed by atoms with Crippen molar-refractivity contribution in [1.82, 2.24) is 25.8 Å². The predicted octanol–water partition coefficient (Wildman–Crippen LogP) is 3.21. The maximum atomic E-state index is 5.33. The number of aliphatic imine (C=N–C) groups is 1. The zero-order valence-electron chi connectivity index (χ0n) is 18.8. The van der Waals surface area contributed by atoms with E-state index in [1.54, 1.807) is 6.20 Å². The summed E-state index contributed by atoms with van der Waals surface area (Å²) in [5.41, 5.74) is 3.25. The van der Waals surface area contributed by atoms with Crippen molar-refractivity contribution >= 4 is 11.6 Å². The molecule has 32 heavy (non-hydrogen) atoms. The molecule has 0 spiro atoms. The van der Waals surface area contributed by atoms with Gasteiger partial charge >= 0.3 is 0 Å². The van der Waals surface area contributed by atoms with Gasteiger partial charge in [0.15, 0.2) is 11.8 Å². The maximum Gasteiger partial charge on any atom is 0.276 e. The molecule has 3 heterocycles. The van der Waals surface area contributed by atoms with Crippen molar-refractivity contribution in [3.63, 3.8) is 0 Å². The Kier molecular flexibility index (Phi) is 7.32. The monoisotopic (exact) mass is 433 g/mol. The lowest BCUT2D eigenvalue weighted by molar-refractivity contribution is 0.421. The third kappa shape index (κ3) is 5.84. The van der Waals surface area contributed by atoms with Crippen LogP contribution in [0.3, 0.4) is 0 Å². The van der Waals surface area contributed by atoms with Gasteiger partial charge in [-0.2, -0.15) is 4.98 Å².